The monoisotopic (exact) mass is 341 g/mol. The summed E-state index contributed by atoms with van der Waals surface area (Å²) in [6.07, 6.45) is 5.34. The number of rotatable bonds is 6. The largest absolute Gasteiger partial charge is 0.369 e. The maximum Gasteiger partial charge on any atom is 0.158 e. The van der Waals surface area contributed by atoms with Crippen LogP contribution in [-0.4, -0.2) is 54.0 Å². The van der Waals surface area contributed by atoms with Gasteiger partial charge < -0.3 is 15.1 Å². The van der Waals surface area contributed by atoms with E-state index in [1.807, 2.05) is 0 Å². The van der Waals surface area contributed by atoms with Gasteiger partial charge in [-0.05, 0) is 73.7 Å². The number of likely N-dealkylation sites (tertiary alicyclic amines) is 1. The Morgan fingerprint density at radius 3 is 2.76 bits per heavy atom. The van der Waals surface area contributed by atoms with Crippen molar-refractivity contribution in [3.05, 3.63) is 17.7 Å². The standard InChI is InChI=1S/C19H27N5O/c1-13(20-16-4-5-16)15-8-17-19(22-25-21-17)18(9-15)24-11-14(12-24)10-23-6-2-3-7-23/h8-9,13-14,16,20H,2-7,10-12H2,1H3. The molecule has 25 heavy (non-hydrogen) atoms. The van der Waals surface area contributed by atoms with Crippen molar-refractivity contribution < 1.29 is 4.63 Å². The average Bonchev–Trinajstić information content (AvgIpc) is 3.06. The van der Waals surface area contributed by atoms with Gasteiger partial charge in [0.15, 0.2) is 5.52 Å². The first-order chi connectivity index (χ1) is 12.3. The lowest BCUT2D eigenvalue weighted by atomic mass is 9.96. The zero-order valence-corrected chi connectivity index (χ0v) is 14.9. The van der Waals surface area contributed by atoms with Gasteiger partial charge >= 0.3 is 0 Å². The van der Waals surface area contributed by atoms with E-state index < -0.39 is 0 Å². The highest BCUT2D eigenvalue weighted by Crippen LogP contribution is 2.34. The highest BCUT2D eigenvalue weighted by molar-refractivity contribution is 5.89. The molecule has 1 atom stereocenters. The summed E-state index contributed by atoms with van der Waals surface area (Å²) in [5.74, 6) is 0.777. The van der Waals surface area contributed by atoms with Gasteiger partial charge in [0.25, 0.3) is 0 Å². The molecule has 1 aliphatic carbocycles. The van der Waals surface area contributed by atoms with E-state index in [1.54, 1.807) is 0 Å². The second-order valence-electron chi connectivity index (χ2n) is 8.11. The number of benzene rings is 1. The van der Waals surface area contributed by atoms with Crippen molar-refractivity contribution >= 4 is 16.7 Å². The fraction of sp³-hybridized carbons (Fsp3) is 0.684. The van der Waals surface area contributed by atoms with Gasteiger partial charge in [0, 0.05) is 37.6 Å². The minimum atomic E-state index is 0.342. The molecule has 3 heterocycles. The molecule has 2 saturated heterocycles. The van der Waals surface area contributed by atoms with Gasteiger partial charge in [-0.25, -0.2) is 4.63 Å². The van der Waals surface area contributed by atoms with Crippen molar-refractivity contribution in [3.63, 3.8) is 0 Å². The van der Waals surface area contributed by atoms with Gasteiger partial charge in [-0.15, -0.1) is 0 Å². The van der Waals surface area contributed by atoms with Gasteiger partial charge in [0.05, 0.1) is 5.69 Å². The van der Waals surface area contributed by atoms with Crippen LogP contribution >= 0.6 is 0 Å². The summed E-state index contributed by atoms with van der Waals surface area (Å²) >= 11 is 0. The van der Waals surface area contributed by atoms with Gasteiger partial charge in [0.2, 0.25) is 0 Å². The Bertz CT molecular complexity index is 743. The van der Waals surface area contributed by atoms with Crippen LogP contribution in [0, 0.1) is 5.92 Å². The Balaban J connectivity index is 1.32. The quantitative estimate of drug-likeness (QED) is 0.871. The molecule has 1 unspecified atom stereocenters. The Morgan fingerprint density at radius 1 is 1.20 bits per heavy atom. The molecule has 2 aliphatic heterocycles. The normalized spacial score (nSPS) is 23.3. The summed E-state index contributed by atoms with van der Waals surface area (Å²) in [6, 6.07) is 5.45. The molecule has 134 valence electrons. The summed E-state index contributed by atoms with van der Waals surface area (Å²) in [4.78, 5) is 5.06. The minimum Gasteiger partial charge on any atom is -0.369 e. The van der Waals surface area contributed by atoms with Gasteiger partial charge in [-0.3, -0.25) is 0 Å². The lowest BCUT2D eigenvalue weighted by molar-refractivity contribution is 0.247. The van der Waals surface area contributed by atoms with E-state index in [-0.39, 0.29) is 0 Å². The smallest absolute Gasteiger partial charge is 0.158 e. The fourth-order valence-corrected chi connectivity index (χ4v) is 4.30. The first-order valence-corrected chi connectivity index (χ1v) is 9.76. The average molecular weight is 341 g/mol. The fourth-order valence-electron chi connectivity index (χ4n) is 4.30. The second-order valence-corrected chi connectivity index (χ2v) is 8.11. The second kappa shape index (κ2) is 6.25. The summed E-state index contributed by atoms with van der Waals surface area (Å²) in [5.41, 5.74) is 4.26. The lowest BCUT2D eigenvalue weighted by Gasteiger charge is -2.42. The molecule has 6 nitrogen and oxygen atoms in total. The van der Waals surface area contributed by atoms with E-state index in [4.69, 9.17) is 4.63 Å². The third-order valence-corrected chi connectivity index (χ3v) is 5.94. The molecule has 1 N–H and O–H groups in total. The molecular formula is C19H27N5O. The maximum absolute atomic E-state index is 5.03. The van der Waals surface area contributed by atoms with Crippen LogP contribution < -0.4 is 10.2 Å². The van der Waals surface area contributed by atoms with Crippen molar-refractivity contribution in [2.24, 2.45) is 5.92 Å². The number of nitrogens with one attached hydrogen (secondary N) is 1. The molecular weight excluding hydrogens is 314 g/mol. The first kappa shape index (κ1) is 15.6. The number of hydrogen-bond acceptors (Lipinski definition) is 6. The highest BCUT2D eigenvalue weighted by atomic mass is 16.6. The molecule has 0 radical (unpaired) electrons. The SMILES string of the molecule is CC(NC1CC1)c1cc(N2CC(CN3CCCC3)C2)c2nonc2c1. The van der Waals surface area contributed by atoms with E-state index in [1.165, 1.54) is 56.6 Å². The molecule has 1 aromatic carbocycles. The number of anilines is 1. The van der Waals surface area contributed by atoms with Crippen LogP contribution in [0.15, 0.2) is 16.8 Å². The summed E-state index contributed by atoms with van der Waals surface area (Å²) in [7, 11) is 0. The molecule has 1 aromatic heterocycles. The number of nitrogens with zero attached hydrogens (tertiary/aromatic N) is 4. The van der Waals surface area contributed by atoms with Crippen LogP contribution in [0.2, 0.25) is 0 Å². The van der Waals surface area contributed by atoms with Gasteiger partial charge in [-0.2, -0.15) is 0 Å². The van der Waals surface area contributed by atoms with Gasteiger partial charge in [0.1, 0.15) is 5.52 Å². The van der Waals surface area contributed by atoms with E-state index in [2.05, 4.69) is 44.5 Å². The predicted octanol–water partition coefficient (Wildman–Crippen LogP) is 2.57. The van der Waals surface area contributed by atoms with Crippen LogP contribution in [0.5, 0.6) is 0 Å². The van der Waals surface area contributed by atoms with Crippen LogP contribution in [0.25, 0.3) is 11.0 Å². The summed E-state index contributed by atoms with van der Waals surface area (Å²) < 4.78 is 5.03. The molecule has 5 rings (SSSR count). The molecule has 6 heteroatoms. The lowest BCUT2D eigenvalue weighted by Crippen LogP contribution is -2.51. The molecule has 3 fully saturated rings. The maximum atomic E-state index is 5.03. The van der Waals surface area contributed by atoms with Crippen molar-refractivity contribution in [1.82, 2.24) is 20.5 Å². The Morgan fingerprint density at radius 2 is 2.00 bits per heavy atom. The van der Waals surface area contributed by atoms with E-state index in [9.17, 15) is 0 Å². The summed E-state index contributed by atoms with van der Waals surface area (Å²) in [5, 5.41) is 12.0. The van der Waals surface area contributed by atoms with Crippen molar-refractivity contribution in [2.75, 3.05) is 37.6 Å². The van der Waals surface area contributed by atoms with E-state index >= 15 is 0 Å². The molecule has 0 amide bonds. The third-order valence-electron chi connectivity index (χ3n) is 5.94. The molecule has 2 aromatic rings. The topological polar surface area (TPSA) is 57.4 Å². The zero-order valence-electron chi connectivity index (χ0n) is 14.9. The Labute approximate surface area is 148 Å². The Kier molecular flexibility index (Phi) is 3.90. The highest BCUT2D eigenvalue weighted by Gasteiger charge is 2.32. The van der Waals surface area contributed by atoms with Crippen LogP contribution in [0.4, 0.5) is 5.69 Å². The zero-order chi connectivity index (χ0) is 16.8. The molecule has 0 spiro atoms. The van der Waals surface area contributed by atoms with E-state index in [0.717, 1.165) is 30.0 Å². The summed E-state index contributed by atoms with van der Waals surface area (Å²) in [6.45, 7) is 8.29. The van der Waals surface area contributed by atoms with Crippen molar-refractivity contribution in [3.8, 4) is 0 Å². The van der Waals surface area contributed by atoms with Crippen LogP contribution in [0.3, 0.4) is 0 Å². The van der Waals surface area contributed by atoms with Crippen molar-refractivity contribution in [2.45, 2.75) is 44.7 Å². The predicted molar refractivity (Wildman–Crippen MR) is 97.8 cm³/mol. The van der Waals surface area contributed by atoms with Crippen LogP contribution in [0.1, 0.15) is 44.2 Å². The first-order valence-electron chi connectivity index (χ1n) is 9.76. The van der Waals surface area contributed by atoms with Gasteiger partial charge in [-0.1, -0.05) is 0 Å². The molecule has 0 bridgehead atoms. The number of aromatic nitrogens is 2. The third kappa shape index (κ3) is 3.13. The number of hydrogen-bond donors (Lipinski definition) is 1. The molecule has 3 aliphatic rings. The number of fused-ring (bicyclic) bond motifs is 1. The molecule has 1 saturated carbocycles. The van der Waals surface area contributed by atoms with E-state index in [0.29, 0.717) is 12.1 Å². The van der Waals surface area contributed by atoms with Crippen LogP contribution in [-0.2, 0) is 0 Å². The minimum absolute atomic E-state index is 0.342. The Hall–Kier alpha value is -1.66. The van der Waals surface area contributed by atoms with Crippen molar-refractivity contribution in [1.29, 1.82) is 0 Å².